The molecule has 1 atom stereocenters. The zero-order valence-corrected chi connectivity index (χ0v) is 21.9. The molecule has 0 radical (unpaired) electrons. The number of amides is 1. The Bertz CT molecular complexity index is 1470. The smallest absolute Gasteiger partial charge is 0.260 e. The quantitative estimate of drug-likeness (QED) is 0.277. The van der Waals surface area contributed by atoms with E-state index in [4.69, 9.17) is 30.3 Å². The number of methoxy groups -OCH3 is 2. The molecular formula is C29H26ClFN2O5. The number of hydrogen-bond acceptors (Lipinski definition) is 6. The third kappa shape index (κ3) is 4.79. The molecule has 0 fully saturated rings. The normalized spacial score (nSPS) is 14.7. The highest BCUT2D eigenvalue weighted by molar-refractivity contribution is 6.33. The number of ether oxygens (including phenoxy) is 3. The molecule has 1 amide bonds. The molecule has 0 aliphatic carbocycles. The second-order valence-electron chi connectivity index (χ2n) is 8.88. The molecule has 0 N–H and O–H groups in total. The van der Waals surface area contributed by atoms with E-state index in [9.17, 15) is 9.18 Å². The van der Waals surface area contributed by atoms with E-state index in [-0.39, 0.29) is 18.3 Å². The number of carbonyl (C=O) groups is 1. The Morgan fingerprint density at radius 1 is 1.11 bits per heavy atom. The first-order valence-electron chi connectivity index (χ1n) is 12.1. The number of aryl methyl sites for hydroxylation is 1. The Kier molecular flexibility index (Phi) is 7.24. The standard InChI is InChI=1S/C29H26ClFN2O5/c1-17-27(28(32-38-17)21-6-4-5-7-23(21)30)29(34)33-13-12-18-14-25(35-2)26(36-3)15-22(18)24(33)16-37-20-10-8-19(31)9-11-20/h4-11,14-15,24H,12-13,16H2,1-3H3. The largest absolute Gasteiger partial charge is 0.493 e. The van der Waals surface area contributed by atoms with Gasteiger partial charge in [-0.25, -0.2) is 4.39 Å². The number of rotatable bonds is 7. The van der Waals surface area contributed by atoms with E-state index in [0.29, 0.717) is 57.8 Å². The van der Waals surface area contributed by atoms with Crippen molar-refractivity contribution < 1.29 is 27.9 Å². The molecule has 2 heterocycles. The molecule has 9 heteroatoms. The van der Waals surface area contributed by atoms with Crippen LogP contribution in [0.5, 0.6) is 17.2 Å². The van der Waals surface area contributed by atoms with E-state index in [2.05, 4.69) is 5.16 Å². The highest BCUT2D eigenvalue weighted by Crippen LogP contribution is 2.40. The first-order valence-corrected chi connectivity index (χ1v) is 12.4. The van der Waals surface area contributed by atoms with Gasteiger partial charge in [-0.05, 0) is 66.9 Å². The van der Waals surface area contributed by atoms with Crippen LogP contribution in [0.1, 0.15) is 33.3 Å². The second-order valence-corrected chi connectivity index (χ2v) is 9.28. The minimum absolute atomic E-state index is 0.131. The zero-order chi connectivity index (χ0) is 26.8. The van der Waals surface area contributed by atoms with E-state index >= 15 is 0 Å². The van der Waals surface area contributed by atoms with Crippen molar-refractivity contribution in [2.24, 2.45) is 0 Å². The maximum atomic E-state index is 14.2. The van der Waals surface area contributed by atoms with Gasteiger partial charge in [-0.1, -0.05) is 35.0 Å². The fourth-order valence-corrected chi connectivity index (χ4v) is 4.99. The predicted molar refractivity (Wildman–Crippen MR) is 141 cm³/mol. The van der Waals surface area contributed by atoms with Crippen molar-refractivity contribution in [1.29, 1.82) is 0 Å². The van der Waals surface area contributed by atoms with Crippen molar-refractivity contribution in [2.45, 2.75) is 19.4 Å². The van der Waals surface area contributed by atoms with Crippen molar-refractivity contribution in [3.63, 3.8) is 0 Å². The van der Waals surface area contributed by atoms with Crippen LogP contribution in [0.25, 0.3) is 11.3 Å². The minimum atomic E-state index is -0.482. The second kappa shape index (κ2) is 10.8. The maximum absolute atomic E-state index is 14.2. The third-order valence-corrected chi connectivity index (χ3v) is 7.02. The summed E-state index contributed by atoms with van der Waals surface area (Å²) in [5.74, 6) is 1.42. The van der Waals surface area contributed by atoms with E-state index < -0.39 is 6.04 Å². The van der Waals surface area contributed by atoms with E-state index in [1.54, 1.807) is 50.3 Å². The van der Waals surface area contributed by atoms with Crippen molar-refractivity contribution in [1.82, 2.24) is 10.1 Å². The molecule has 1 unspecified atom stereocenters. The van der Waals surface area contributed by atoms with E-state index in [1.165, 1.54) is 12.1 Å². The molecule has 0 saturated carbocycles. The van der Waals surface area contributed by atoms with Crippen LogP contribution in [0.2, 0.25) is 5.02 Å². The van der Waals surface area contributed by atoms with Gasteiger partial charge in [0, 0.05) is 12.1 Å². The van der Waals surface area contributed by atoms with Gasteiger partial charge in [-0.15, -0.1) is 0 Å². The Hall–Kier alpha value is -4.04. The van der Waals surface area contributed by atoms with Gasteiger partial charge in [-0.2, -0.15) is 0 Å². The van der Waals surface area contributed by atoms with Crippen LogP contribution < -0.4 is 14.2 Å². The summed E-state index contributed by atoms with van der Waals surface area (Å²) in [6.45, 7) is 2.26. The highest BCUT2D eigenvalue weighted by atomic mass is 35.5. The van der Waals surface area contributed by atoms with Crippen LogP contribution in [0, 0.1) is 12.7 Å². The molecule has 0 bridgehead atoms. The molecule has 4 aromatic rings. The zero-order valence-electron chi connectivity index (χ0n) is 21.2. The first-order chi connectivity index (χ1) is 18.4. The van der Waals surface area contributed by atoms with Crippen molar-refractivity contribution >= 4 is 17.5 Å². The van der Waals surface area contributed by atoms with Gasteiger partial charge in [-0.3, -0.25) is 4.79 Å². The lowest BCUT2D eigenvalue weighted by atomic mass is 9.91. The van der Waals surface area contributed by atoms with Crippen LogP contribution in [0.4, 0.5) is 4.39 Å². The molecule has 38 heavy (non-hydrogen) atoms. The average molecular weight is 537 g/mol. The summed E-state index contributed by atoms with van der Waals surface area (Å²) < 4.78 is 36.0. The fraction of sp³-hybridized carbons (Fsp3) is 0.241. The summed E-state index contributed by atoms with van der Waals surface area (Å²) in [7, 11) is 3.15. The van der Waals surface area contributed by atoms with Crippen LogP contribution in [0.15, 0.2) is 65.2 Å². The van der Waals surface area contributed by atoms with Gasteiger partial charge in [0.15, 0.2) is 11.5 Å². The SMILES string of the molecule is COc1cc2c(cc1OC)C(COc1ccc(F)cc1)N(C(=O)c1c(-c3ccccc3Cl)noc1C)CC2. The number of fused-ring (bicyclic) bond motifs is 1. The van der Waals surface area contributed by atoms with Crippen molar-refractivity contribution in [2.75, 3.05) is 27.4 Å². The molecule has 3 aromatic carbocycles. The maximum Gasteiger partial charge on any atom is 0.260 e. The highest BCUT2D eigenvalue weighted by Gasteiger charge is 2.36. The Morgan fingerprint density at radius 2 is 1.82 bits per heavy atom. The minimum Gasteiger partial charge on any atom is -0.493 e. The lowest BCUT2D eigenvalue weighted by molar-refractivity contribution is 0.0588. The number of carbonyl (C=O) groups excluding carboxylic acids is 1. The summed E-state index contributed by atoms with van der Waals surface area (Å²) in [6.07, 6.45) is 0.597. The summed E-state index contributed by atoms with van der Waals surface area (Å²) in [6, 6.07) is 16.3. The topological polar surface area (TPSA) is 74.0 Å². The molecule has 7 nitrogen and oxygen atoms in total. The van der Waals surface area contributed by atoms with Gasteiger partial charge < -0.3 is 23.6 Å². The predicted octanol–water partition coefficient (Wildman–Crippen LogP) is 6.28. The molecule has 0 spiro atoms. The summed E-state index contributed by atoms with van der Waals surface area (Å²) in [4.78, 5) is 15.9. The van der Waals surface area contributed by atoms with Gasteiger partial charge >= 0.3 is 0 Å². The lowest BCUT2D eigenvalue weighted by Crippen LogP contribution is -2.43. The summed E-state index contributed by atoms with van der Waals surface area (Å²) >= 11 is 6.44. The molecule has 5 rings (SSSR count). The van der Waals surface area contributed by atoms with Gasteiger partial charge in [0.25, 0.3) is 5.91 Å². The Morgan fingerprint density at radius 3 is 2.53 bits per heavy atom. The van der Waals surface area contributed by atoms with E-state index in [1.807, 2.05) is 24.3 Å². The van der Waals surface area contributed by atoms with Crippen LogP contribution in [0.3, 0.4) is 0 Å². The summed E-state index contributed by atoms with van der Waals surface area (Å²) in [5, 5.41) is 4.64. The Labute approximate surface area is 224 Å². The Balaban J connectivity index is 1.56. The van der Waals surface area contributed by atoms with Crippen LogP contribution >= 0.6 is 11.6 Å². The summed E-state index contributed by atoms with van der Waals surface area (Å²) in [5.41, 5.74) is 3.23. The molecule has 1 aliphatic heterocycles. The monoisotopic (exact) mass is 536 g/mol. The van der Waals surface area contributed by atoms with Gasteiger partial charge in [0.2, 0.25) is 0 Å². The molecule has 196 valence electrons. The number of nitrogens with zero attached hydrogens (tertiary/aromatic N) is 2. The molecule has 1 aliphatic rings. The lowest BCUT2D eigenvalue weighted by Gasteiger charge is -2.37. The number of halogens is 2. The first kappa shape index (κ1) is 25.6. The molecule has 0 saturated heterocycles. The third-order valence-electron chi connectivity index (χ3n) is 6.69. The molecular weight excluding hydrogens is 511 g/mol. The number of hydrogen-bond donors (Lipinski definition) is 0. The van der Waals surface area contributed by atoms with E-state index in [0.717, 1.165) is 11.1 Å². The number of aromatic nitrogens is 1. The van der Waals surface area contributed by atoms with Crippen LogP contribution in [-0.4, -0.2) is 43.3 Å². The average Bonchev–Trinajstić information content (AvgIpc) is 3.32. The van der Waals surface area contributed by atoms with Crippen molar-refractivity contribution in [3.05, 3.63) is 94.0 Å². The van der Waals surface area contributed by atoms with Gasteiger partial charge in [0.05, 0.1) is 25.3 Å². The number of benzene rings is 3. The van der Waals surface area contributed by atoms with Gasteiger partial charge in [0.1, 0.15) is 35.2 Å². The van der Waals surface area contributed by atoms with Crippen LogP contribution in [-0.2, 0) is 6.42 Å². The van der Waals surface area contributed by atoms with Crippen molar-refractivity contribution in [3.8, 4) is 28.5 Å². The molecule has 1 aromatic heterocycles. The fourth-order valence-electron chi connectivity index (χ4n) is 4.76.